The zero-order chi connectivity index (χ0) is 23.7. The lowest BCUT2D eigenvalue weighted by molar-refractivity contribution is -0.132. The number of ether oxygens (including phenoxy) is 2. The van der Waals surface area contributed by atoms with Crippen LogP contribution in [0.3, 0.4) is 0 Å². The van der Waals surface area contributed by atoms with Crippen molar-refractivity contribution in [2.45, 2.75) is 13.0 Å². The van der Waals surface area contributed by atoms with Crippen LogP contribution in [0.2, 0.25) is 0 Å². The number of aromatic hydroxyl groups is 1. The van der Waals surface area contributed by atoms with Gasteiger partial charge < -0.3 is 19.7 Å². The highest BCUT2D eigenvalue weighted by Crippen LogP contribution is 2.45. The van der Waals surface area contributed by atoms with Crippen molar-refractivity contribution in [3.63, 3.8) is 0 Å². The van der Waals surface area contributed by atoms with Crippen LogP contribution in [0.25, 0.3) is 5.76 Å². The first kappa shape index (κ1) is 21.9. The van der Waals surface area contributed by atoms with Crippen molar-refractivity contribution in [3.05, 3.63) is 83.2 Å². The zero-order valence-corrected chi connectivity index (χ0v) is 18.3. The number of hydrogen-bond donors (Lipinski definition) is 2. The number of anilines is 1. The van der Waals surface area contributed by atoms with E-state index >= 15 is 0 Å². The number of rotatable bonds is 5. The number of aliphatic hydroxyl groups is 1. The molecular weight excluding hydrogens is 424 g/mol. The van der Waals surface area contributed by atoms with Gasteiger partial charge in [0.1, 0.15) is 11.5 Å². The van der Waals surface area contributed by atoms with Crippen LogP contribution in [-0.4, -0.2) is 41.1 Å². The maximum Gasteiger partial charge on any atom is 0.300 e. The predicted octanol–water partition coefficient (Wildman–Crippen LogP) is 3.74. The van der Waals surface area contributed by atoms with Gasteiger partial charge >= 0.3 is 0 Å². The Bertz CT molecular complexity index is 1270. The highest BCUT2D eigenvalue weighted by Gasteiger charge is 2.47. The summed E-state index contributed by atoms with van der Waals surface area (Å²) in [5.74, 6) is -1.46. The van der Waals surface area contributed by atoms with E-state index < -0.39 is 17.7 Å². The number of aliphatic hydroxyl groups excluding tert-OH is 1. The minimum atomic E-state index is -0.978. The average molecular weight is 446 g/mol. The van der Waals surface area contributed by atoms with Crippen LogP contribution in [0, 0.1) is 6.92 Å². The first-order valence-electron chi connectivity index (χ1n) is 10.1. The summed E-state index contributed by atoms with van der Waals surface area (Å²) in [5.41, 5.74) is 1.67. The average Bonchev–Trinajstić information content (AvgIpc) is 3.10. The number of carbonyl (C=O) groups excluding carboxylic acids is 2. The zero-order valence-electron chi connectivity index (χ0n) is 18.3. The van der Waals surface area contributed by atoms with Gasteiger partial charge in [-0.1, -0.05) is 6.07 Å². The molecule has 1 aliphatic heterocycles. The van der Waals surface area contributed by atoms with Crippen LogP contribution in [0.1, 0.15) is 22.7 Å². The molecule has 168 valence electrons. The number of amides is 1. The summed E-state index contributed by atoms with van der Waals surface area (Å²) in [6.07, 6.45) is 3.06. The summed E-state index contributed by atoms with van der Waals surface area (Å²) < 4.78 is 10.5. The Morgan fingerprint density at radius 3 is 2.33 bits per heavy atom. The molecule has 2 N–H and O–H groups in total. The van der Waals surface area contributed by atoms with Gasteiger partial charge in [-0.3, -0.25) is 19.5 Å². The van der Waals surface area contributed by atoms with Gasteiger partial charge in [0.15, 0.2) is 11.5 Å². The summed E-state index contributed by atoms with van der Waals surface area (Å²) in [5, 5.41) is 21.7. The summed E-state index contributed by atoms with van der Waals surface area (Å²) >= 11 is 0. The number of Topliss-reactive ketones (excluding diaryl/α,β-unsaturated/α-hetero) is 1. The van der Waals surface area contributed by atoms with Gasteiger partial charge in [-0.2, -0.15) is 0 Å². The standard InChI is InChI=1S/C25H22N2O6/c1-14-4-6-18(28)17(12-14)27-22(15-8-10-26-11-9-15)21(24(30)25(27)31)23(29)16-5-7-19(32-2)20(13-16)33-3/h4-13,22,28-29H,1-3H3/b23-21-. The fourth-order valence-corrected chi connectivity index (χ4v) is 3.91. The summed E-state index contributed by atoms with van der Waals surface area (Å²) in [6, 6.07) is 11.8. The molecule has 0 saturated carbocycles. The van der Waals surface area contributed by atoms with E-state index in [-0.39, 0.29) is 28.3 Å². The lowest BCUT2D eigenvalue weighted by Crippen LogP contribution is -2.29. The van der Waals surface area contributed by atoms with Crippen LogP contribution in [0.4, 0.5) is 5.69 Å². The number of phenols is 1. The first-order valence-corrected chi connectivity index (χ1v) is 10.1. The summed E-state index contributed by atoms with van der Waals surface area (Å²) in [4.78, 5) is 31.6. The van der Waals surface area contributed by atoms with Gasteiger partial charge in [-0.15, -0.1) is 0 Å². The van der Waals surface area contributed by atoms with E-state index in [9.17, 15) is 19.8 Å². The maximum absolute atomic E-state index is 13.2. The topological polar surface area (TPSA) is 109 Å². The van der Waals surface area contributed by atoms with E-state index in [1.54, 1.807) is 36.4 Å². The van der Waals surface area contributed by atoms with Crippen LogP contribution < -0.4 is 14.4 Å². The molecule has 0 radical (unpaired) electrons. The molecule has 8 nitrogen and oxygen atoms in total. The van der Waals surface area contributed by atoms with E-state index in [2.05, 4.69) is 4.98 Å². The van der Waals surface area contributed by atoms with Crippen molar-refractivity contribution < 1.29 is 29.3 Å². The molecule has 0 spiro atoms. The lowest BCUT2D eigenvalue weighted by atomic mass is 9.95. The smallest absolute Gasteiger partial charge is 0.300 e. The van der Waals surface area contributed by atoms with Crippen LogP contribution in [-0.2, 0) is 9.59 Å². The van der Waals surface area contributed by atoms with Crippen molar-refractivity contribution in [2.75, 3.05) is 19.1 Å². The summed E-state index contributed by atoms with van der Waals surface area (Å²) in [7, 11) is 2.94. The second-order valence-electron chi connectivity index (χ2n) is 7.51. The van der Waals surface area contributed by atoms with Crippen molar-refractivity contribution in [3.8, 4) is 17.2 Å². The third-order valence-corrected chi connectivity index (χ3v) is 5.51. The molecule has 1 aliphatic rings. The van der Waals surface area contributed by atoms with Gasteiger partial charge in [-0.05, 0) is 60.5 Å². The normalized spacial score (nSPS) is 17.3. The third-order valence-electron chi connectivity index (χ3n) is 5.51. The highest BCUT2D eigenvalue weighted by atomic mass is 16.5. The molecule has 3 aromatic rings. The molecule has 0 bridgehead atoms. The van der Waals surface area contributed by atoms with Crippen molar-refractivity contribution in [1.82, 2.24) is 4.98 Å². The predicted molar refractivity (Wildman–Crippen MR) is 121 cm³/mol. The van der Waals surface area contributed by atoms with Crippen LogP contribution in [0.5, 0.6) is 17.2 Å². The number of methoxy groups -OCH3 is 2. The second-order valence-corrected chi connectivity index (χ2v) is 7.51. The molecular formula is C25H22N2O6. The van der Waals surface area contributed by atoms with E-state index in [4.69, 9.17) is 9.47 Å². The van der Waals surface area contributed by atoms with Crippen LogP contribution in [0.15, 0.2) is 66.5 Å². The van der Waals surface area contributed by atoms with Gasteiger partial charge in [0.25, 0.3) is 11.7 Å². The Kier molecular flexibility index (Phi) is 5.74. The Morgan fingerprint density at radius 2 is 1.67 bits per heavy atom. The Morgan fingerprint density at radius 1 is 0.970 bits per heavy atom. The molecule has 2 aromatic carbocycles. The fourth-order valence-electron chi connectivity index (χ4n) is 3.91. The second kappa shape index (κ2) is 8.66. The van der Waals surface area contributed by atoms with Gasteiger partial charge in [0.05, 0.1) is 31.5 Å². The number of pyridine rings is 1. The number of hydrogen-bond acceptors (Lipinski definition) is 7. The SMILES string of the molecule is COc1ccc(/C(O)=C2/C(=O)C(=O)N(c3cc(C)ccc3O)C2c2ccncc2)cc1OC. The van der Waals surface area contributed by atoms with Crippen molar-refractivity contribution in [2.24, 2.45) is 0 Å². The first-order chi connectivity index (χ1) is 15.9. The van der Waals surface area contributed by atoms with Crippen molar-refractivity contribution >= 4 is 23.1 Å². The fraction of sp³-hybridized carbons (Fsp3) is 0.160. The molecule has 1 fully saturated rings. The number of phenolic OH excluding ortho intramolecular Hbond substituents is 1. The number of aryl methyl sites for hydroxylation is 1. The minimum absolute atomic E-state index is 0.112. The molecule has 0 aliphatic carbocycles. The van der Waals surface area contributed by atoms with Gasteiger partial charge in [-0.25, -0.2) is 0 Å². The van der Waals surface area contributed by atoms with Gasteiger partial charge in [0, 0.05) is 18.0 Å². The molecule has 1 unspecified atom stereocenters. The Balaban J connectivity index is 1.96. The lowest BCUT2D eigenvalue weighted by Gasteiger charge is -2.26. The van der Waals surface area contributed by atoms with E-state index in [0.717, 1.165) is 5.56 Å². The molecule has 1 aromatic heterocycles. The quantitative estimate of drug-likeness (QED) is 0.349. The largest absolute Gasteiger partial charge is 0.507 e. The molecule has 1 atom stereocenters. The Labute approximate surface area is 190 Å². The van der Waals surface area contributed by atoms with E-state index in [1.165, 1.54) is 43.6 Å². The number of ketones is 1. The number of aromatic nitrogens is 1. The number of benzene rings is 2. The van der Waals surface area contributed by atoms with E-state index in [0.29, 0.717) is 17.1 Å². The number of nitrogens with zero attached hydrogens (tertiary/aromatic N) is 2. The molecule has 1 amide bonds. The maximum atomic E-state index is 13.2. The molecule has 4 rings (SSSR count). The third kappa shape index (κ3) is 3.76. The highest BCUT2D eigenvalue weighted by molar-refractivity contribution is 6.51. The van der Waals surface area contributed by atoms with E-state index in [1.807, 2.05) is 6.92 Å². The number of carbonyl (C=O) groups is 2. The summed E-state index contributed by atoms with van der Waals surface area (Å²) in [6.45, 7) is 1.81. The monoisotopic (exact) mass is 446 g/mol. The molecule has 33 heavy (non-hydrogen) atoms. The molecule has 2 heterocycles. The minimum Gasteiger partial charge on any atom is -0.507 e. The Hall–Kier alpha value is -4.33. The molecule has 1 saturated heterocycles. The molecule has 8 heteroatoms. The van der Waals surface area contributed by atoms with Crippen LogP contribution >= 0.6 is 0 Å². The van der Waals surface area contributed by atoms with Gasteiger partial charge in [0.2, 0.25) is 0 Å². The van der Waals surface area contributed by atoms with Crippen molar-refractivity contribution in [1.29, 1.82) is 0 Å².